The lowest BCUT2D eigenvalue weighted by Gasteiger charge is -2.11. The third-order valence-electron chi connectivity index (χ3n) is 2.70. The summed E-state index contributed by atoms with van der Waals surface area (Å²) in [6.45, 7) is 3.35. The molecular weight excluding hydrogens is 278 g/mol. The first-order chi connectivity index (χ1) is 9.15. The zero-order valence-electron chi connectivity index (χ0n) is 11.8. The number of halogens is 1. The van der Waals surface area contributed by atoms with Crippen LogP contribution < -0.4 is 16.0 Å². The molecule has 1 unspecified atom stereocenters. The zero-order valence-corrected chi connectivity index (χ0v) is 12.6. The third kappa shape index (κ3) is 6.54. The standard InChI is InChI=1S/C14H21N3O2.ClH/c1-11(10-15-2)13(18)16-8-9-17-14(19)12-6-4-3-5-7-12;/h3-7,11,15H,8-10H2,1-2H3,(H,16,18)(H,17,19);1H. The summed E-state index contributed by atoms with van der Waals surface area (Å²) in [5.41, 5.74) is 0.623. The molecule has 2 amide bonds. The molecule has 0 radical (unpaired) electrons. The molecule has 0 aliphatic carbocycles. The lowest BCUT2D eigenvalue weighted by Crippen LogP contribution is -2.39. The highest BCUT2D eigenvalue weighted by atomic mass is 35.5. The smallest absolute Gasteiger partial charge is 0.251 e. The fraction of sp³-hybridized carbons (Fsp3) is 0.429. The minimum Gasteiger partial charge on any atom is -0.354 e. The highest BCUT2D eigenvalue weighted by Gasteiger charge is 2.10. The fourth-order valence-electron chi connectivity index (χ4n) is 1.63. The van der Waals surface area contributed by atoms with Gasteiger partial charge in [-0.3, -0.25) is 9.59 Å². The SMILES string of the molecule is CNCC(C)C(=O)NCCNC(=O)c1ccccc1.Cl. The van der Waals surface area contributed by atoms with Crippen LogP contribution in [0.25, 0.3) is 0 Å². The van der Waals surface area contributed by atoms with Crippen molar-refractivity contribution in [2.75, 3.05) is 26.7 Å². The molecule has 0 saturated heterocycles. The Balaban J connectivity index is 0.00000361. The van der Waals surface area contributed by atoms with Gasteiger partial charge in [0.15, 0.2) is 0 Å². The van der Waals surface area contributed by atoms with Crippen molar-refractivity contribution in [3.8, 4) is 0 Å². The van der Waals surface area contributed by atoms with Gasteiger partial charge in [-0.1, -0.05) is 25.1 Å². The molecule has 0 heterocycles. The van der Waals surface area contributed by atoms with Crippen molar-refractivity contribution in [3.05, 3.63) is 35.9 Å². The molecule has 0 saturated carbocycles. The van der Waals surface area contributed by atoms with E-state index in [9.17, 15) is 9.59 Å². The Labute approximate surface area is 125 Å². The van der Waals surface area contributed by atoms with Gasteiger partial charge in [-0.2, -0.15) is 0 Å². The Hall–Kier alpha value is -1.59. The molecule has 0 aromatic heterocycles. The van der Waals surface area contributed by atoms with E-state index in [-0.39, 0.29) is 30.1 Å². The van der Waals surface area contributed by atoms with E-state index in [0.29, 0.717) is 25.2 Å². The number of carbonyl (C=O) groups excluding carboxylic acids is 2. The summed E-state index contributed by atoms with van der Waals surface area (Å²) < 4.78 is 0. The fourth-order valence-corrected chi connectivity index (χ4v) is 1.63. The number of nitrogens with one attached hydrogen (secondary N) is 3. The molecule has 0 bridgehead atoms. The van der Waals surface area contributed by atoms with Gasteiger partial charge < -0.3 is 16.0 Å². The van der Waals surface area contributed by atoms with Crippen molar-refractivity contribution in [3.63, 3.8) is 0 Å². The average molecular weight is 300 g/mol. The van der Waals surface area contributed by atoms with Crippen LogP contribution in [0.3, 0.4) is 0 Å². The van der Waals surface area contributed by atoms with Crippen molar-refractivity contribution in [1.29, 1.82) is 0 Å². The normalized spacial score (nSPS) is 11.1. The van der Waals surface area contributed by atoms with Crippen LogP contribution in [0.15, 0.2) is 30.3 Å². The lowest BCUT2D eigenvalue weighted by atomic mass is 10.1. The van der Waals surface area contributed by atoms with Crippen LogP contribution in [0.4, 0.5) is 0 Å². The predicted octanol–water partition coefficient (Wildman–Crippen LogP) is 0.810. The van der Waals surface area contributed by atoms with Gasteiger partial charge in [0, 0.05) is 31.1 Å². The number of benzene rings is 1. The van der Waals surface area contributed by atoms with Crippen LogP contribution >= 0.6 is 12.4 Å². The molecule has 6 heteroatoms. The first kappa shape index (κ1) is 18.4. The summed E-state index contributed by atoms with van der Waals surface area (Å²) >= 11 is 0. The summed E-state index contributed by atoms with van der Waals surface area (Å²) in [6.07, 6.45) is 0. The number of carbonyl (C=O) groups is 2. The van der Waals surface area contributed by atoms with Crippen LogP contribution in [-0.4, -0.2) is 38.5 Å². The lowest BCUT2D eigenvalue weighted by molar-refractivity contribution is -0.124. The van der Waals surface area contributed by atoms with Crippen molar-refractivity contribution in [1.82, 2.24) is 16.0 Å². The topological polar surface area (TPSA) is 70.2 Å². The van der Waals surface area contributed by atoms with E-state index in [0.717, 1.165) is 0 Å². The van der Waals surface area contributed by atoms with Crippen molar-refractivity contribution < 1.29 is 9.59 Å². The molecular formula is C14H22ClN3O2. The molecule has 0 aliphatic heterocycles. The van der Waals surface area contributed by atoms with E-state index in [2.05, 4.69) is 16.0 Å². The number of amides is 2. The average Bonchev–Trinajstić information content (AvgIpc) is 2.44. The summed E-state index contributed by atoms with van der Waals surface area (Å²) in [5, 5.41) is 8.48. The number of hydrogen-bond donors (Lipinski definition) is 3. The number of rotatable bonds is 7. The molecule has 1 aromatic carbocycles. The predicted molar refractivity (Wildman–Crippen MR) is 82.1 cm³/mol. The van der Waals surface area contributed by atoms with Gasteiger partial charge in [0.25, 0.3) is 5.91 Å². The van der Waals surface area contributed by atoms with Crippen molar-refractivity contribution >= 4 is 24.2 Å². The molecule has 5 nitrogen and oxygen atoms in total. The van der Waals surface area contributed by atoms with Crippen LogP contribution in [0.2, 0.25) is 0 Å². The summed E-state index contributed by atoms with van der Waals surface area (Å²) in [5.74, 6) is -0.212. The molecule has 0 fully saturated rings. The Morgan fingerprint density at radius 1 is 1.10 bits per heavy atom. The minimum absolute atomic E-state index is 0. The molecule has 0 spiro atoms. The number of hydrogen-bond acceptors (Lipinski definition) is 3. The first-order valence-electron chi connectivity index (χ1n) is 6.40. The highest BCUT2D eigenvalue weighted by molar-refractivity contribution is 5.94. The largest absolute Gasteiger partial charge is 0.354 e. The van der Waals surface area contributed by atoms with Gasteiger partial charge >= 0.3 is 0 Å². The maximum Gasteiger partial charge on any atom is 0.251 e. The second-order valence-electron chi connectivity index (χ2n) is 4.37. The van der Waals surface area contributed by atoms with Gasteiger partial charge in [-0.25, -0.2) is 0 Å². The maximum atomic E-state index is 11.7. The maximum absolute atomic E-state index is 11.7. The Morgan fingerprint density at radius 3 is 2.30 bits per heavy atom. The molecule has 1 aromatic rings. The van der Waals surface area contributed by atoms with Gasteiger partial charge in [0.1, 0.15) is 0 Å². The summed E-state index contributed by atoms with van der Waals surface area (Å²) in [4.78, 5) is 23.3. The quantitative estimate of drug-likeness (QED) is 0.653. The highest BCUT2D eigenvalue weighted by Crippen LogP contribution is 1.97. The molecule has 20 heavy (non-hydrogen) atoms. The zero-order chi connectivity index (χ0) is 14.1. The van der Waals surface area contributed by atoms with E-state index < -0.39 is 0 Å². The Kier molecular flexibility index (Phi) is 9.41. The summed E-state index contributed by atoms with van der Waals surface area (Å²) in [6, 6.07) is 9.00. The van der Waals surface area contributed by atoms with E-state index in [1.54, 1.807) is 12.1 Å². The minimum atomic E-state index is -0.127. The summed E-state index contributed by atoms with van der Waals surface area (Å²) in [7, 11) is 1.81. The molecule has 112 valence electrons. The molecule has 3 N–H and O–H groups in total. The van der Waals surface area contributed by atoms with Gasteiger partial charge in [-0.05, 0) is 19.2 Å². The molecule has 1 rings (SSSR count). The third-order valence-corrected chi connectivity index (χ3v) is 2.70. The Bertz CT molecular complexity index is 412. The van der Waals surface area contributed by atoms with Crippen LogP contribution in [0.1, 0.15) is 17.3 Å². The van der Waals surface area contributed by atoms with Crippen molar-refractivity contribution in [2.45, 2.75) is 6.92 Å². The van der Waals surface area contributed by atoms with Gasteiger partial charge in [0.2, 0.25) is 5.91 Å². The van der Waals surface area contributed by atoms with Crippen LogP contribution in [-0.2, 0) is 4.79 Å². The van der Waals surface area contributed by atoms with E-state index in [1.165, 1.54) is 0 Å². The molecule has 1 atom stereocenters. The van der Waals surface area contributed by atoms with E-state index >= 15 is 0 Å². The Morgan fingerprint density at radius 2 is 1.70 bits per heavy atom. The van der Waals surface area contributed by atoms with E-state index in [4.69, 9.17) is 0 Å². The van der Waals surface area contributed by atoms with E-state index in [1.807, 2.05) is 32.2 Å². The van der Waals surface area contributed by atoms with Crippen LogP contribution in [0.5, 0.6) is 0 Å². The monoisotopic (exact) mass is 299 g/mol. The van der Waals surface area contributed by atoms with Gasteiger partial charge in [-0.15, -0.1) is 12.4 Å². The second-order valence-corrected chi connectivity index (χ2v) is 4.37. The second kappa shape index (κ2) is 10.2. The van der Waals surface area contributed by atoms with Crippen LogP contribution in [0, 0.1) is 5.92 Å². The first-order valence-corrected chi connectivity index (χ1v) is 6.40. The van der Waals surface area contributed by atoms with Gasteiger partial charge in [0.05, 0.1) is 0 Å². The van der Waals surface area contributed by atoms with Crippen molar-refractivity contribution in [2.24, 2.45) is 5.92 Å². The molecule has 0 aliphatic rings.